The van der Waals surface area contributed by atoms with Gasteiger partial charge in [-0.2, -0.15) is 5.11 Å². The second-order valence-corrected chi connectivity index (χ2v) is 8.45. The fourth-order valence-corrected chi connectivity index (χ4v) is 4.40. The Kier molecular flexibility index (Phi) is 8.04. The van der Waals surface area contributed by atoms with Gasteiger partial charge in [-0.05, 0) is 72.5 Å². The van der Waals surface area contributed by atoms with Gasteiger partial charge in [-0.25, -0.2) is 0 Å². The van der Waals surface area contributed by atoms with Gasteiger partial charge in [-0.15, -0.1) is 5.10 Å². The fourth-order valence-electron chi connectivity index (χ4n) is 4.40. The third-order valence-electron chi connectivity index (χ3n) is 6.08. The number of nitrogens with one attached hydrogen (secondary N) is 1. The Hall–Kier alpha value is -2.81. The van der Waals surface area contributed by atoms with Crippen LogP contribution in [-0.4, -0.2) is 51.6 Å². The lowest BCUT2D eigenvalue weighted by Crippen LogP contribution is -2.46. The summed E-state index contributed by atoms with van der Waals surface area (Å²) >= 11 is 0. The molecule has 3 N–H and O–H groups in total. The maximum Gasteiger partial charge on any atom is 0.151 e. The van der Waals surface area contributed by atoms with Crippen LogP contribution < -0.4 is 15.8 Å². The quantitative estimate of drug-likeness (QED) is 0.155. The minimum atomic E-state index is -0.269. The van der Waals surface area contributed by atoms with Crippen molar-refractivity contribution in [1.82, 2.24) is 5.32 Å². The van der Waals surface area contributed by atoms with Gasteiger partial charge in [0.15, 0.2) is 5.84 Å². The van der Waals surface area contributed by atoms with E-state index in [-0.39, 0.29) is 12.4 Å². The number of hydrogen-bond acceptors (Lipinski definition) is 6. The predicted molar refractivity (Wildman–Crippen MR) is 129 cm³/mol. The van der Waals surface area contributed by atoms with Crippen molar-refractivity contribution in [2.75, 3.05) is 40.1 Å². The Morgan fingerprint density at radius 2 is 2.09 bits per heavy atom. The molecule has 0 saturated carbocycles. The van der Waals surface area contributed by atoms with Crippen LogP contribution in [0.3, 0.4) is 0 Å². The highest BCUT2D eigenvalue weighted by Gasteiger charge is 2.37. The molecule has 0 aromatic heterocycles. The van der Waals surface area contributed by atoms with Crippen molar-refractivity contribution >= 4 is 11.4 Å². The SMILES string of the molecule is COCOCCN=N/N=C(\N)C1=CC(C2=CC3(CCNCC3)Oc3ccccc32)=CCCC1. The van der Waals surface area contributed by atoms with Crippen molar-refractivity contribution in [2.24, 2.45) is 21.2 Å². The maximum absolute atomic E-state index is 6.53. The minimum Gasteiger partial charge on any atom is -0.482 e. The average molecular weight is 452 g/mol. The molecule has 4 rings (SSSR count). The molecule has 0 unspecified atom stereocenters. The largest absolute Gasteiger partial charge is 0.482 e. The van der Waals surface area contributed by atoms with Gasteiger partial charge >= 0.3 is 0 Å². The lowest BCUT2D eigenvalue weighted by molar-refractivity contribution is -0.0273. The van der Waals surface area contributed by atoms with Crippen molar-refractivity contribution < 1.29 is 14.2 Å². The molecule has 0 atom stereocenters. The normalized spacial score (nSPS) is 20.5. The predicted octanol–water partition coefficient (Wildman–Crippen LogP) is 3.97. The smallest absolute Gasteiger partial charge is 0.151 e. The number of nitrogens with zero attached hydrogens (tertiary/aromatic N) is 3. The molecule has 1 aromatic rings. The van der Waals surface area contributed by atoms with Gasteiger partial charge in [-0.1, -0.05) is 24.3 Å². The molecule has 1 aromatic carbocycles. The van der Waals surface area contributed by atoms with E-state index >= 15 is 0 Å². The number of para-hydroxylation sites is 1. The Labute approximate surface area is 195 Å². The lowest BCUT2D eigenvalue weighted by Gasteiger charge is -2.40. The number of benzene rings is 1. The molecule has 1 fully saturated rings. The molecular weight excluding hydrogens is 418 g/mol. The van der Waals surface area contributed by atoms with Gasteiger partial charge < -0.3 is 25.3 Å². The van der Waals surface area contributed by atoms with Gasteiger partial charge in [0, 0.05) is 25.5 Å². The first kappa shape index (κ1) is 23.4. The number of nitrogens with two attached hydrogens (primary N) is 1. The summed E-state index contributed by atoms with van der Waals surface area (Å²) in [6.45, 7) is 2.98. The van der Waals surface area contributed by atoms with E-state index in [2.05, 4.69) is 57.2 Å². The Morgan fingerprint density at radius 1 is 1.24 bits per heavy atom. The first-order valence-corrected chi connectivity index (χ1v) is 11.6. The molecule has 33 heavy (non-hydrogen) atoms. The number of ether oxygens (including phenoxy) is 3. The van der Waals surface area contributed by atoms with Gasteiger partial charge in [-0.3, -0.25) is 0 Å². The molecule has 0 bridgehead atoms. The maximum atomic E-state index is 6.53. The summed E-state index contributed by atoms with van der Waals surface area (Å²) < 4.78 is 16.5. The van der Waals surface area contributed by atoms with E-state index in [1.54, 1.807) is 7.11 Å². The highest BCUT2D eigenvalue weighted by atomic mass is 16.7. The van der Waals surface area contributed by atoms with Gasteiger partial charge in [0.1, 0.15) is 18.1 Å². The van der Waals surface area contributed by atoms with Crippen molar-refractivity contribution in [3.05, 3.63) is 59.2 Å². The number of rotatable bonds is 8. The summed E-state index contributed by atoms with van der Waals surface area (Å²) in [5.41, 5.74) is 10.5. The molecule has 1 spiro atoms. The van der Waals surface area contributed by atoms with Crippen molar-refractivity contribution in [1.29, 1.82) is 0 Å². The molecule has 176 valence electrons. The van der Waals surface area contributed by atoms with Crippen LogP contribution in [0.5, 0.6) is 5.75 Å². The van der Waals surface area contributed by atoms with E-state index in [0.29, 0.717) is 19.0 Å². The van der Waals surface area contributed by atoms with Crippen molar-refractivity contribution in [2.45, 2.75) is 37.7 Å². The molecule has 2 aliphatic heterocycles. The number of piperidine rings is 1. The number of allylic oxidation sites excluding steroid dienone is 4. The van der Waals surface area contributed by atoms with E-state index in [0.717, 1.165) is 62.1 Å². The first-order valence-electron chi connectivity index (χ1n) is 11.6. The van der Waals surface area contributed by atoms with Crippen LogP contribution in [0.25, 0.3) is 5.57 Å². The highest BCUT2D eigenvalue weighted by Crippen LogP contribution is 2.43. The number of amidine groups is 1. The fraction of sp³-hybridized carbons (Fsp3) is 0.480. The third-order valence-corrected chi connectivity index (χ3v) is 6.08. The molecular formula is C25H33N5O3. The summed E-state index contributed by atoms with van der Waals surface area (Å²) in [4.78, 5) is 0. The van der Waals surface area contributed by atoms with Crippen LogP contribution in [0.2, 0.25) is 0 Å². The topological polar surface area (TPSA) is 103 Å². The van der Waals surface area contributed by atoms with Gasteiger partial charge in [0.25, 0.3) is 0 Å². The summed E-state index contributed by atoms with van der Waals surface area (Å²) in [5, 5.41) is 15.5. The molecule has 0 radical (unpaired) electrons. The van der Waals surface area contributed by atoms with E-state index in [4.69, 9.17) is 19.9 Å². The molecule has 8 heteroatoms. The number of methoxy groups -OCH3 is 1. The Balaban J connectivity index is 1.57. The summed E-state index contributed by atoms with van der Waals surface area (Å²) in [5.74, 6) is 1.35. The monoisotopic (exact) mass is 451 g/mol. The zero-order chi connectivity index (χ0) is 22.9. The van der Waals surface area contributed by atoms with Crippen molar-refractivity contribution in [3.63, 3.8) is 0 Å². The second-order valence-electron chi connectivity index (χ2n) is 8.45. The van der Waals surface area contributed by atoms with Crippen LogP contribution in [0, 0.1) is 0 Å². The zero-order valence-corrected chi connectivity index (χ0v) is 19.3. The zero-order valence-electron chi connectivity index (χ0n) is 19.3. The number of hydrogen-bond donors (Lipinski definition) is 2. The Bertz CT molecular complexity index is 974. The highest BCUT2D eigenvalue weighted by molar-refractivity contribution is 5.99. The number of fused-ring (bicyclic) bond motifs is 1. The second kappa shape index (κ2) is 11.4. The molecule has 8 nitrogen and oxygen atoms in total. The van der Waals surface area contributed by atoms with Crippen LogP contribution in [0.4, 0.5) is 0 Å². The van der Waals surface area contributed by atoms with Gasteiger partial charge in [0.2, 0.25) is 0 Å². The first-order chi connectivity index (χ1) is 16.2. The summed E-state index contributed by atoms with van der Waals surface area (Å²) in [6, 6.07) is 8.30. The molecule has 2 heterocycles. The van der Waals surface area contributed by atoms with E-state index < -0.39 is 0 Å². The van der Waals surface area contributed by atoms with Crippen LogP contribution in [-0.2, 0) is 9.47 Å². The van der Waals surface area contributed by atoms with E-state index in [1.807, 2.05) is 6.07 Å². The van der Waals surface area contributed by atoms with Crippen LogP contribution in [0.1, 0.15) is 37.7 Å². The molecule has 1 aliphatic carbocycles. The third kappa shape index (κ3) is 5.96. The molecule has 3 aliphatic rings. The Morgan fingerprint density at radius 3 is 2.94 bits per heavy atom. The van der Waals surface area contributed by atoms with Gasteiger partial charge in [0.05, 0.1) is 13.2 Å². The lowest BCUT2D eigenvalue weighted by atomic mass is 9.83. The standard InChI is InChI=1S/C25H33N5O3/c1-31-18-32-15-14-28-30-29-24(26)20-7-3-2-6-19(16-20)22-17-25(10-12-27-13-11-25)33-23-9-5-4-8-21(22)23/h4-6,8-9,16-17,27H,2-3,7,10-15,18H2,1H3,(H2,26,28,29). The van der Waals surface area contributed by atoms with E-state index in [9.17, 15) is 0 Å². The molecule has 0 amide bonds. The summed E-state index contributed by atoms with van der Waals surface area (Å²) in [6.07, 6.45) is 11.5. The van der Waals surface area contributed by atoms with Crippen molar-refractivity contribution in [3.8, 4) is 5.75 Å². The average Bonchev–Trinajstić information content (AvgIpc) is 3.10. The van der Waals surface area contributed by atoms with Crippen LogP contribution >= 0.6 is 0 Å². The summed E-state index contributed by atoms with van der Waals surface area (Å²) in [7, 11) is 1.58. The van der Waals surface area contributed by atoms with E-state index in [1.165, 1.54) is 11.1 Å². The van der Waals surface area contributed by atoms with Crippen LogP contribution in [0.15, 0.2) is 69.1 Å². The minimum absolute atomic E-state index is 0.241. The molecule has 1 saturated heterocycles.